The predicted molar refractivity (Wildman–Crippen MR) is 70.4 cm³/mol. The number of nitrogens with zero attached hydrogens (tertiary/aromatic N) is 3. The van der Waals surface area contributed by atoms with Crippen molar-refractivity contribution in [2.75, 3.05) is 0 Å². The molecule has 0 aliphatic heterocycles. The van der Waals surface area contributed by atoms with E-state index in [9.17, 15) is 0 Å². The maximum atomic E-state index is 4.47. The second-order valence-corrected chi connectivity index (χ2v) is 4.55. The molecule has 18 heavy (non-hydrogen) atoms. The van der Waals surface area contributed by atoms with Gasteiger partial charge in [0, 0.05) is 6.42 Å². The highest BCUT2D eigenvalue weighted by Crippen LogP contribution is 2.15. The van der Waals surface area contributed by atoms with E-state index in [1.807, 2.05) is 0 Å². The number of aromatic nitrogens is 4. The summed E-state index contributed by atoms with van der Waals surface area (Å²) in [6, 6.07) is 6.48. The number of benzene rings is 1. The average molecular weight is 238 g/mol. The zero-order chi connectivity index (χ0) is 12.5. The summed E-state index contributed by atoms with van der Waals surface area (Å²) >= 11 is 0. The molecule has 3 rings (SSSR count). The SMILES string of the molecule is Cc1ccc(C)c(Cc2nc3ncncc3[nH]2)c1. The lowest BCUT2D eigenvalue weighted by Crippen LogP contribution is -1.94. The number of fused-ring (bicyclic) bond motifs is 1. The molecule has 1 aromatic carbocycles. The van der Waals surface area contributed by atoms with E-state index >= 15 is 0 Å². The van der Waals surface area contributed by atoms with Gasteiger partial charge in [0.05, 0.1) is 6.20 Å². The van der Waals surface area contributed by atoms with Crippen LogP contribution in [0, 0.1) is 13.8 Å². The van der Waals surface area contributed by atoms with Gasteiger partial charge in [0.2, 0.25) is 0 Å². The summed E-state index contributed by atoms with van der Waals surface area (Å²) in [7, 11) is 0. The van der Waals surface area contributed by atoms with Gasteiger partial charge in [-0.25, -0.2) is 15.0 Å². The van der Waals surface area contributed by atoms with E-state index in [1.165, 1.54) is 23.0 Å². The van der Waals surface area contributed by atoms with Crippen molar-refractivity contribution in [1.29, 1.82) is 0 Å². The molecule has 0 bridgehead atoms. The molecule has 4 heteroatoms. The molecule has 0 aliphatic rings. The molecule has 0 unspecified atom stereocenters. The normalized spacial score (nSPS) is 11.0. The van der Waals surface area contributed by atoms with Crippen LogP contribution in [0.15, 0.2) is 30.7 Å². The molecule has 0 saturated heterocycles. The molecule has 0 amide bonds. The molecule has 0 radical (unpaired) electrons. The van der Waals surface area contributed by atoms with Crippen molar-refractivity contribution in [3.8, 4) is 0 Å². The minimum atomic E-state index is 0.727. The minimum Gasteiger partial charge on any atom is -0.339 e. The highest BCUT2D eigenvalue weighted by Gasteiger charge is 2.06. The molecule has 0 spiro atoms. The van der Waals surface area contributed by atoms with E-state index in [4.69, 9.17) is 0 Å². The van der Waals surface area contributed by atoms with Gasteiger partial charge >= 0.3 is 0 Å². The van der Waals surface area contributed by atoms with Gasteiger partial charge in [0.15, 0.2) is 5.65 Å². The zero-order valence-electron chi connectivity index (χ0n) is 10.4. The fourth-order valence-electron chi connectivity index (χ4n) is 2.07. The first-order valence-corrected chi connectivity index (χ1v) is 5.93. The van der Waals surface area contributed by atoms with Crippen molar-refractivity contribution in [2.45, 2.75) is 20.3 Å². The third kappa shape index (κ3) is 1.97. The number of aryl methyl sites for hydroxylation is 2. The Kier molecular flexibility index (Phi) is 2.55. The van der Waals surface area contributed by atoms with Gasteiger partial charge < -0.3 is 4.98 Å². The lowest BCUT2D eigenvalue weighted by atomic mass is 10.0. The van der Waals surface area contributed by atoms with Crippen LogP contribution in [0.2, 0.25) is 0 Å². The van der Waals surface area contributed by atoms with Crippen LogP contribution >= 0.6 is 0 Å². The van der Waals surface area contributed by atoms with Crippen LogP contribution < -0.4 is 0 Å². The molecule has 2 heterocycles. The third-order valence-corrected chi connectivity index (χ3v) is 3.07. The lowest BCUT2D eigenvalue weighted by molar-refractivity contribution is 1.02. The Hall–Kier alpha value is -2.23. The second-order valence-electron chi connectivity index (χ2n) is 4.55. The first-order chi connectivity index (χ1) is 8.72. The van der Waals surface area contributed by atoms with Gasteiger partial charge in [0.25, 0.3) is 0 Å². The summed E-state index contributed by atoms with van der Waals surface area (Å²) in [5.41, 5.74) is 5.46. The summed E-state index contributed by atoms with van der Waals surface area (Å²) in [5, 5.41) is 0. The average Bonchev–Trinajstić information content (AvgIpc) is 2.76. The number of nitrogens with one attached hydrogen (secondary N) is 1. The molecule has 0 atom stereocenters. The number of imidazole rings is 1. The van der Waals surface area contributed by atoms with Gasteiger partial charge in [-0.15, -0.1) is 0 Å². The number of aromatic amines is 1. The first-order valence-electron chi connectivity index (χ1n) is 5.93. The largest absolute Gasteiger partial charge is 0.339 e. The van der Waals surface area contributed by atoms with Gasteiger partial charge in [-0.2, -0.15) is 0 Å². The van der Waals surface area contributed by atoms with Gasteiger partial charge in [-0.3, -0.25) is 0 Å². The van der Waals surface area contributed by atoms with Crippen LogP contribution in [0.3, 0.4) is 0 Å². The molecule has 4 nitrogen and oxygen atoms in total. The fraction of sp³-hybridized carbons (Fsp3) is 0.214. The van der Waals surface area contributed by atoms with Crippen molar-refractivity contribution in [2.24, 2.45) is 0 Å². The van der Waals surface area contributed by atoms with Crippen LogP contribution in [0.1, 0.15) is 22.5 Å². The van der Waals surface area contributed by atoms with Gasteiger partial charge in [0.1, 0.15) is 17.7 Å². The van der Waals surface area contributed by atoms with Crippen molar-refractivity contribution < 1.29 is 0 Å². The predicted octanol–water partition coefficient (Wildman–Crippen LogP) is 2.56. The van der Waals surface area contributed by atoms with E-state index in [0.29, 0.717) is 0 Å². The molecular formula is C14H14N4. The highest BCUT2D eigenvalue weighted by atomic mass is 15.0. The topological polar surface area (TPSA) is 54.5 Å². The number of hydrogen-bond acceptors (Lipinski definition) is 3. The third-order valence-electron chi connectivity index (χ3n) is 3.07. The summed E-state index contributed by atoms with van der Waals surface area (Å²) in [5.74, 6) is 0.930. The van der Waals surface area contributed by atoms with E-state index < -0.39 is 0 Å². The molecule has 1 N–H and O–H groups in total. The molecule has 2 aromatic heterocycles. The number of hydrogen-bond donors (Lipinski definition) is 1. The molecule has 3 aromatic rings. The number of rotatable bonds is 2. The summed E-state index contributed by atoms with van der Waals surface area (Å²) < 4.78 is 0. The van der Waals surface area contributed by atoms with Crippen molar-refractivity contribution in [1.82, 2.24) is 19.9 Å². The standard InChI is InChI=1S/C14H14N4/c1-9-3-4-10(2)11(5-9)6-13-17-12-7-15-8-16-14(12)18-13/h3-5,7-8H,6H2,1-2H3,(H,15,16,17,18). The van der Waals surface area contributed by atoms with Crippen LogP contribution in [0.25, 0.3) is 11.2 Å². The lowest BCUT2D eigenvalue weighted by Gasteiger charge is -2.04. The highest BCUT2D eigenvalue weighted by molar-refractivity contribution is 5.68. The van der Waals surface area contributed by atoms with Crippen molar-refractivity contribution >= 4 is 11.2 Å². The Morgan fingerprint density at radius 2 is 2.11 bits per heavy atom. The van der Waals surface area contributed by atoms with Crippen LogP contribution in [0.5, 0.6) is 0 Å². The maximum Gasteiger partial charge on any atom is 0.180 e. The van der Waals surface area contributed by atoms with Crippen LogP contribution in [-0.2, 0) is 6.42 Å². The number of H-pyrrole nitrogens is 1. The molecule has 90 valence electrons. The summed E-state index contributed by atoms with van der Waals surface area (Å²) in [6.07, 6.45) is 4.07. The molecule has 0 aliphatic carbocycles. The van der Waals surface area contributed by atoms with E-state index in [0.717, 1.165) is 23.4 Å². The monoisotopic (exact) mass is 238 g/mol. The zero-order valence-corrected chi connectivity index (χ0v) is 10.4. The van der Waals surface area contributed by atoms with Gasteiger partial charge in [-0.1, -0.05) is 23.8 Å². The molecule has 0 fully saturated rings. The van der Waals surface area contributed by atoms with Crippen molar-refractivity contribution in [3.63, 3.8) is 0 Å². The van der Waals surface area contributed by atoms with Crippen LogP contribution in [-0.4, -0.2) is 19.9 Å². The van der Waals surface area contributed by atoms with Crippen LogP contribution in [0.4, 0.5) is 0 Å². The maximum absolute atomic E-state index is 4.47. The Balaban J connectivity index is 1.98. The minimum absolute atomic E-state index is 0.727. The Bertz CT molecular complexity index is 667. The quantitative estimate of drug-likeness (QED) is 0.746. The Morgan fingerprint density at radius 1 is 1.22 bits per heavy atom. The summed E-state index contributed by atoms with van der Waals surface area (Å²) in [6.45, 7) is 4.23. The Labute approximate surface area is 105 Å². The van der Waals surface area contributed by atoms with E-state index in [2.05, 4.69) is 52.0 Å². The van der Waals surface area contributed by atoms with E-state index in [-0.39, 0.29) is 0 Å². The van der Waals surface area contributed by atoms with E-state index in [1.54, 1.807) is 6.20 Å². The Morgan fingerprint density at radius 3 is 2.94 bits per heavy atom. The smallest absolute Gasteiger partial charge is 0.180 e. The molecular weight excluding hydrogens is 224 g/mol. The van der Waals surface area contributed by atoms with Crippen molar-refractivity contribution in [3.05, 3.63) is 53.2 Å². The van der Waals surface area contributed by atoms with Gasteiger partial charge in [-0.05, 0) is 25.0 Å². The molecule has 0 saturated carbocycles. The second kappa shape index (κ2) is 4.22. The fourth-order valence-corrected chi connectivity index (χ4v) is 2.07. The summed E-state index contributed by atoms with van der Waals surface area (Å²) in [4.78, 5) is 15.8. The first kappa shape index (κ1) is 10.9.